The second-order valence-electron chi connectivity index (χ2n) is 7.98. The number of hydrogen-bond acceptors (Lipinski definition) is 3. The van der Waals surface area contributed by atoms with E-state index in [1.807, 2.05) is 30.3 Å². The summed E-state index contributed by atoms with van der Waals surface area (Å²) in [6.45, 7) is 0. The topological polar surface area (TPSA) is 91.1 Å². The van der Waals surface area contributed by atoms with Gasteiger partial charge >= 0.3 is 6.03 Å². The number of H-pyrrole nitrogens is 1. The molecule has 29 heavy (non-hydrogen) atoms. The fourth-order valence-electron chi connectivity index (χ4n) is 4.63. The van der Waals surface area contributed by atoms with Crippen LogP contribution in [0.4, 0.5) is 4.79 Å². The molecular weight excluding hydrogens is 366 g/mol. The van der Waals surface area contributed by atoms with Crippen LogP contribution >= 0.6 is 0 Å². The SMILES string of the molecule is O=C1NC(=O)C2(CCC(c3ccc(-c4ccc5ccccc5c4)[nH]c3=O)CC2)N1. The average Bonchev–Trinajstić information content (AvgIpc) is 3.01. The molecule has 6 nitrogen and oxygen atoms in total. The summed E-state index contributed by atoms with van der Waals surface area (Å²) in [5.41, 5.74) is 1.62. The van der Waals surface area contributed by atoms with Gasteiger partial charge in [-0.25, -0.2) is 4.79 Å². The van der Waals surface area contributed by atoms with Crippen LogP contribution in [-0.2, 0) is 4.79 Å². The minimum Gasteiger partial charge on any atom is -0.323 e. The zero-order valence-corrected chi connectivity index (χ0v) is 15.8. The molecule has 1 saturated heterocycles. The molecule has 5 rings (SSSR count). The third-order valence-corrected chi connectivity index (χ3v) is 6.29. The van der Waals surface area contributed by atoms with Gasteiger partial charge in [0.05, 0.1) is 0 Å². The molecule has 0 unspecified atom stereocenters. The van der Waals surface area contributed by atoms with Crippen molar-refractivity contribution >= 4 is 22.7 Å². The summed E-state index contributed by atoms with van der Waals surface area (Å²) in [5, 5.41) is 7.38. The molecule has 2 aliphatic rings. The molecule has 1 aliphatic carbocycles. The van der Waals surface area contributed by atoms with E-state index in [0.717, 1.165) is 27.6 Å². The van der Waals surface area contributed by atoms with Gasteiger partial charge in [0.2, 0.25) is 0 Å². The summed E-state index contributed by atoms with van der Waals surface area (Å²) in [4.78, 5) is 39.4. The Hall–Kier alpha value is -3.41. The number of rotatable bonds is 2. The van der Waals surface area contributed by atoms with Gasteiger partial charge in [-0.3, -0.25) is 14.9 Å². The van der Waals surface area contributed by atoms with Gasteiger partial charge in [-0.1, -0.05) is 42.5 Å². The first-order chi connectivity index (χ1) is 14.0. The summed E-state index contributed by atoms with van der Waals surface area (Å²) in [6, 6.07) is 17.7. The number of amides is 3. The molecule has 2 aromatic carbocycles. The Morgan fingerprint density at radius 3 is 2.31 bits per heavy atom. The zero-order chi connectivity index (χ0) is 20.0. The number of aromatic nitrogens is 1. The number of urea groups is 1. The zero-order valence-electron chi connectivity index (χ0n) is 15.8. The highest BCUT2D eigenvalue weighted by molar-refractivity contribution is 6.07. The normalized spacial score (nSPS) is 23.9. The van der Waals surface area contributed by atoms with Crippen LogP contribution in [0.25, 0.3) is 22.0 Å². The van der Waals surface area contributed by atoms with E-state index in [1.165, 1.54) is 0 Å². The van der Waals surface area contributed by atoms with Gasteiger partial charge in [-0.15, -0.1) is 0 Å². The molecule has 1 aliphatic heterocycles. The third kappa shape index (κ3) is 3.01. The van der Waals surface area contributed by atoms with Gasteiger partial charge in [0.25, 0.3) is 11.5 Å². The molecular formula is C23H21N3O3. The minimum atomic E-state index is -0.800. The van der Waals surface area contributed by atoms with E-state index in [-0.39, 0.29) is 17.4 Å². The van der Waals surface area contributed by atoms with Gasteiger partial charge in [-0.2, -0.15) is 0 Å². The number of aromatic amines is 1. The predicted octanol–water partition coefficient (Wildman–Crippen LogP) is 3.43. The smallest absolute Gasteiger partial charge is 0.322 e. The molecule has 2 fully saturated rings. The van der Waals surface area contributed by atoms with Gasteiger partial charge in [0, 0.05) is 11.3 Å². The molecule has 3 aromatic rings. The highest BCUT2D eigenvalue weighted by Crippen LogP contribution is 2.38. The van der Waals surface area contributed by atoms with Crippen LogP contribution in [0.5, 0.6) is 0 Å². The number of imide groups is 1. The van der Waals surface area contributed by atoms with E-state index in [9.17, 15) is 14.4 Å². The molecule has 146 valence electrons. The summed E-state index contributed by atoms with van der Waals surface area (Å²) in [7, 11) is 0. The molecule has 0 bridgehead atoms. The second kappa shape index (κ2) is 6.58. The number of pyridine rings is 1. The van der Waals surface area contributed by atoms with Crippen molar-refractivity contribution in [1.29, 1.82) is 0 Å². The lowest BCUT2D eigenvalue weighted by atomic mass is 9.74. The highest BCUT2D eigenvalue weighted by atomic mass is 16.2. The Morgan fingerprint density at radius 2 is 1.62 bits per heavy atom. The first-order valence-electron chi connectivity index (χ1n) is 9.90. The van der Waals surface area contributed by atoms with Gasteiger partial charge in [0.1, 0.15) is 5.54 Å². The number of fused-ring (bicyclic) bond motifs is 1. The molecule has 2 heterocycles. The van der Waals surface area contributed by atoms with Crippen molar-refractivity contribution < 1.29 is 9.59 Å². The molecule has 6 heteroatoms. The highest BCUT2D eigenvalue weighted by Gasteiger charge is 2.48. The Labute approximate surface area is 167 Å². The van der Waals surface area contributed by atoms with Crippen molar-refractivity contribution in [1.82, 2.24) is 15.6 Å². The Balaban J connectivity index is 1.38. The van der Waals surface area contributed by atoms with Crippen LogP contribution < -0.4 is 16.2 Å². The molecule has 3 amide bonds. The van der Waals surface area contributed by atoms with Crippen molar-refractivity contribution in [3.05, 3.63) is 70.5 Å². The Kier molecular flexibility index (Phi) is 4.01. The maximum atomic E-state index is 12.8. The number of nitrogens with one attached hydrogen (secondary N) is 3. The van der Waals surface area contributed by atoms with Crippen molar-refractivity contribution in [2.45, 2.75) is 37.1 Å². The lowest BCUT2D eigenvalue weighted by Crippen LogP contribution is -2.49. The van der Waals surface area contributed by atoms with Crippen molar-refractivity contribution in [3.63, 3.8) is 0 Å². The summed E-state index contributed by atoms with van der Waals surface area (Å²) < 4.78 is 0. The lowest BCUT2D eigenvalue weighted by Gasteiger charge is -2.34. The first-order valence-corrected chi connectivity index (χ1v) is 9.90. The fraction of sp³-hybridized carbons (Fsp3) is 0.261. The van der Waals surface area contributed by atoms with Gasteiger partial charge in [-0.05, 0) is 60.1 Å². The summed E-state index contributed by atoms with van der Waals surface area (Å²) >= 11 is 0. The van der Waals surface area contributed by atoms with E-state index >= 15 is 0 Å². The van der Waals surface area contributed by atoms with Crippen LogP contribution in [0, 0.1) is 0 Å². The van der Waals surface area contributed by atoms with Crippen LogP contribution in [0.15, 0.2) is 59.4 Å². The Bertz CT molecular complexity index is 1190. The quantitative estimate of drug-likeness (QED) is 0.589. The second-order valence-corrected chi connectivity index (χ2v) is 7.98. The van der Waals surface area contributed by atoms with Gasteiger partial charge in [0.15, 0.2) is 0 Å². The first kappa shape index (κ1) is 17.7. The standard InChI is InChI=1S/C23H21N3O3/c27-20-18(15-9-11-23(12-10-15)21(28)25-22(29)26-23)7-8-19(24-20)17-6-5-14-3-1-2-4-16(14)13-17/h1-8,13,15H,9-12H2,(H,24,27)(H2,25,26,28,29). The average molecular weight is 387 g/mol. The van der Waals surface area contributed by atoms with E-state index < -0.39 is 11.6 Å². The Morgan fingerprint density at radius 1 is 0.862 bits per heavy atom. The summed E-state index contributed by atoms with van der Waals surface area (Å²) in [6.07, 6.45) is 2.46. The number of hydrogen-bond donors (Lipinski definition) is 3. The third-order valence-electron chi connectivity index (χ3n) is 6.29. The minimum absolute atomic E-state index is 0.0836. The monoisotopic (exact) mass is 387 g/mol. The van der Waals surface area contributed by atoms with E-state index in [4.69, 9.17) is 0 Å². The van der Waals surface area contributed by atoms with Crippen LogP contribution in [-0.4, -0.2) is 22.5 Å². The molecule has 0 radical (unpaired) electrons. The number of carbonyl (C=O) groups excluding carboxylic acids is 2. The molecule has 1 saturated carbocycles. The van der Waals surface area contributed by atoms with Crippen molar-refractivity contribution in [2.75, 3.05) is 0 Å². The molecule has 3 N–H and O–H groups in total. The maximum Gasteiger partial charge on any atom is 0.322 e. The predicted molar refractivity (Wildman–Crippen MR) is 111 cm³/mol. The fourth-order valence-corrected chi connectivity index (χ4v) is 4.63. The molecule has 1 aromatic heterocycles. The maximum absolute atomic E-state index is 12.8. The van der Waals surface area contributed by atoms with Crippen LogP contribution in [0.1, 0.15) is 37.2 Å². The molecule has 1 spiro atoms. The lowest BCUT2D eigenvalue weighted by molar-refractivity contribution is -0.125. The number of carbonyl (C=O) groups is 2. The molecule has 0 atom stereocenters. The summed E-state index contributed by atoms with van der Waals surface area (Å²) in [5.74, 6) is -0.165. The van der Waals surface area contributed by atoms with E-state index in [1.54, 1.807) is 0 Å². The van der Waals surface area contributed by atoms with Crippen molar-refractivity contribution in [2.24, 2.45) is 0 Å². The van der Waals surface area contributed by atoms with E-state index in [2.05, 4.69) is 39.9 Å². The number of benzene rings is 2. The van der Waals surface area contributed by atoms with Crippen molar-refractivity contribution in [3.8, 4) is 11.3 Å². The van der Waals surface area contributed by atoms with Crippen LogP contribution in [0.2, 0.25) is 0 Å². The van der Waals surface area contributed by atoms with Crippen LogP contribution in [0.3, 0.4) is 0 Å². The largest absolute Gasteiger partial charge is 0.323 e. The van der Waals surface area contributed by atoms with Gasteiger partial charge < -0.3 is 10.3 Å². The van der Waals surface area contributed by atoms with E-state index in [0.29, 0.717) is 25.7 Å².